The average molecular weight is 231 g/mol. The third-order valence-corrected chi connectivity index (χ3v) is 2.33. The van der Waals surface area contributed by atoms with Crippen molar-refractivity contribution in [2.75, 3.05) is 6.54 Å². The number of terminal acetylenes is 1. The van der Waals surface area contributed by atoms with Gasteiger partial charge in [-0.25, -0.2) is 0 Å². The number of rotatable bonds is 6. The second-order valence-corrected chi connectivity index (χ2v) is 4.29. The topological polar surface area (TPSA) is 21.3 Å². The van der Waals surface area contributed by atoms with E-state index in [2.05, 4.69) is 18.2 Å². The van der Waals surface area contributed by atoms with Crippen molar-refractivity contribution >= 4 is 0 Å². The van der Waals surface area contributed by atoms with E-state index in [1.165, 1.54) is 0 Å². The van der Waals surface area contributed by atoms with Crippen LogP contribution in [0.4, 0.5) is 0 Å². The van der Waals surface area contributed by atoms with Crippen LogP contribution >= 0.6 is 0 Å². The van der Waals surface area contributed by atoms with Crippen molar-refractivity contribution in [3.05, 3.63) is 29.8 Å². The summed E-state index contributed by atoms with van der Waals surface area (Å²) >= 11 is 0. The number of benzene rings is 1. The van der Waals surface area contributed by atoms with Gasteiger partial charge < -0.3 is 10.1 Å². The molecule has 1 unspecified atom stereocenters. The number of nitrogens with one attached hydrogen (secondary N) is 1. The van der Waals surface area contributed by atoms with Gasteiger partial charge in [-0.15, -0.1) is 6.42 Å². The van der Waals surface area contributed by atoms with Crippen molar-refractivity contribution in [1.29, 1.82) is 0 Å². The monoisotopic (exact) mass is 231 g/mol. The van der Waals surface area contributed by atoms with Crippen molar-refractivity contribution in [2.24, 2.45) is 0 Å². The quantitative estimate of drug-likeness (QED) is 0.759. The van der Waals surface area contributed by atoms with Gasteiger partial charge in [0.15, 0.2) is 0 Å². The first-order chi connectivity index (χ1) is 8.17. The minimum absolute atomic E-state index is 0.0364. The van der Waals surface area contributed by atoms with E-state index in [0.717, 1.165) is 24.3 Å². The highest BCUT2D eigenvalue weighted by atomic mass is 16.5. The second kappa shape index (κ2) is 6.98. The van der Waals surface area contributed by atoms with Crippen molar-refractivity contribution in [1.82, 2.24) is 5.32 Å². The molecule has 0 spiro atoms. The Hall–Kier alpha value is -1.46. The van der Waals surface area contributed by atoms with E-state index in [4.69, 9.17) is 11.2 Å². The van der Waals surface area contributed by atoms with Crippen molar-refractivity contribution in [3.63, 3.8) is 0 Å². The van der Waals surface area contributed by atoms with Crippen LogP contribution in [0.2, 0.25) is 0 Å². The molecule has 0 amide bonds. The smallest absolute Gasteiger partial charge is 0.120 e. The highest BCUT2D eigenvalue weighted by Gasteiger charge is 2.08. The summed E-state index contributed by atoms with van der Waals surface area (Å²) in [5.41, 5.74) is 1.08. The van der Waals surface area contributed by atoms with Crippen LogP contribution in [0.15, 0.2) is 24.3 Å². The molecule has 92 valence electrons. The van der Waals surface area contributed by atoms with E-state index in [1.807, 2.05) is 38.1 Å². The minimum Gasteiger partial charge on any atom is -0.491 e. The maximum absolute atomic E-state index is 5.66. The number of hydrogen-bond acceptors (Lipinski definition) is 2. The third-order valence-electron chi connectivity index (χ3n) is 2.33. The lowest BCUT2D eigenvalue weighted by atomic mass is 10.1. The number of ether oxygens (including phenoxy) is 1. The largest absolute Gasteiger partial charge is 0.491 e. The highest BCUT2D eigenvalue weighted by Crippen LogP contribution is 2.19. The van der Waals surface area contributed by atoms with Gasteiger partial charge in [0.1, 0.15) is 5.75 Å². The molecule has 1 atom stereocenters. The van der Waals surface area contributed by atoms with Gasteiger partial charge >= 0.3 is 0 Å². The Labute approximate surface area is 104 Å². The van der Waals surface area contributed by atoms with E-state index >= 15 is 0 Å². The maximum Gasteiger partial charge on any atom is 0.120 e. The van der Waals surface area contributed by atoms with Crippen LogP contribution in [0.5, 0.6) is 5.75 Å². The second-order valence-electron chi connectivity index (χ2n) is 4.29. The molecule has 0 heterocycles. The highest BCUT2D eigenvalue weighted by molar-refractivity contribution is 5.34. The summed E-state index contributed by atoms with van der Waals surface area (Å²) in [6.07, 6.45) is 6.79. The van der Waals surface area contributed by atoms with Crippen molar-refractivity contribution in [3.8, 4) is 18.1 Å². The van der Waals surface area contributed by atoms with Crippen molar-refractivity contribution in [2.45, 2.75) is 39.3 Å². The predicted octanol–water partition coefficient (Wildman–Crippen LogP) is 3.15. The van der Waals surface area contributed by atoms with E-state index in [0.29, 0.717) is 0 Å². The molecule has 0 aliphatic rings. The van der Waals surface area contributed by atoms with Crippen LogP contribution in [0.1, 0.15) is 38.8 Å². The molecule has 0 aliphatic carbocycles. The first-order valence-corrected chi connectivity index (χ1v) is 6.13. The van der Waals surface area contributed by atoms with Gasteiger partial charge in [0.05, 0.1) is 12.1 Å². The minimum atomic E-state index is -0.0364. The Kier molecular flexibility index (Phi) is 5.59. The lowest BCUT2D eigenvalue weighted by Crippen LogP contribution is -2.20. The third kappa shape index (κ3) is 4.50. The van der Waals surface area contributed by atoms with Crippen LogP contribution in [-0.4, -0.2) is 12.6 Å². The first-order valence-electron chi connectivity index (χ1n) is 6.13. The Morgan fingerprint density at radius 2 is 2.18 bits per heavy atom. The molecule has 1 rings (SSSR count). The molecule has 1 aromatic rings. The Morgan fingerprint density at radius 1 is 1.41 bits per heavy atom. The first kappa shape index (κ1) is 13.6. The Bertz CT molecular complexity index is 379. The summed E-state index contributed by atoms with van der Waals surface area (Å²) in [7, 11) is 0. The molecule has 0 aromatic heterocycles. The van der Waals surface area contributed by atoms with E-state index < -0.39 is 0 Å². The summed E-state index contributed by atoms with van der Waals surface area (Å²) < 4.78 is 5.66. The molecule has 0 saturated carbocycles. The molecule has 17 heavy (non-hydrogen) atoms. The fourth-order valence-corrected chi connectivity index (χ4v) is 1.60. The average Bonchev–Trinajstić information content (AvgIpc) is 2.30. The summed E-state index contributed by atoms with van der Waals surface area (Å²) in [4.78, 5) is 0. The molecule has 0 radical (unpaired) electrons. The SMILES string of the molecule is C#CC(NCCC)c1cccc(OC(C)C)c1. The zero-order valence-corrected chi connectivity index (χ0v) is 10.9. The molecule has 0 saturated heterocycles. The summed E-state index contributed by atoms with van der Waals surface area (Å²) in [5, 5.41) is 3.32. The predicted molar refractivity (Wildman–Crippen MR) is 72.1 cm³/mol. The van der Waals surface area contributed by atoms with Crippen LogP contribution < -0.4 is 10.1 Å². The van der Waals surface area contributed by atoms with Crippen LogP contribution in [-0.2, 0) is 0 Å². The van der Waals surface area contributed by atoms with Crippen LogP contribution in [0.25, 0.3) is 0 Å². The van der Waals surface area contributed by atoms with Gasteiger partial charge in [-0.1, -0.05) is 25.0 Å². The molecule has 2 heteroatoms. The molecule has 0 bridgehead atoms. The lowest BCUT2D eigenvalue weighted by Gasteiger charge is -2.15. The summed E-state index contributed by atoms with van der Waals surface area (Å²) in [6.45, 7) is 7.07. The molecule has 1 aromatic carbocycles. The lowest BCUT2D eigenvalue weighted by molar-refractivity contribution is 0.242. The van der Waals surface area contributed by atoms with Gasteiger partial charge in [-0.05, 0) is 44.5 Å². The van der Waals surface area contributed by atoms with Gasteiger partial charge in [0, 0.05) is 0 Å². The van der Waals surface area contributed by atoms with Crippen LogP contribution in [0.3, 0.4) is 0 Å². The summed E-state index contributed by atoms with van der Waals surface area (Å²) in [5.74, 6) is 3.64. The van der Waals surface area contributed by atoms with Gasteiger partial charge in [0.2, 0.25) is 0 Å². The van der Waals surface area contributed by atoms with Gasteiger partial charge in [0.25, 0.3) is 0 Å². The molecular weight excluding hydrogens is 210 g/mol. The molecule has 0 aliphatic heterocycles. The van der Waals surface area contributed by atoms with Crippen molar-refractivity contribution < 1.29 is 4.74 Å². The fraction of sp³-hybridized carbons (Fsp3) is 0.467. The standard InChI is InChI=1S/C15H21NO/c1-5-10-16-15(6-2)13-8-7-9-14(11-13)17-12(3)4/h2,7-9,11-12,15-16H,5,10H2,1,3-4H3. The molecule has 1 N–H and O–H groups in total. The maximum atomic E-state index is 5.66. The molecule has 0 fully saturated rings. The van der Waals surface area contributed by atoms with Gasteiger partial charge in [-0.2, -0.15) is 0 Å². The zero-order valence-electron chi connectivity index (χ0n) is 10.9. The molecular formula is C15H21NO. The van der Waals surface area contributed by atoms with Gasteiger partial charge in [-0.3, -0.25) is 0 Å². The van der Waals surface area contributed by atoms with E-state index in [-0.39, 0.29) is 12.1 Å². The van der Waals surface area contributed by atoms with Crippen LogP contribution in [0, 0.1) is 12.3 Å². The Morgan fingerprint density at radius 3 is 2.76 bits per heavy atom. The van der Waals surface area contributed by atoms with E-state index in [9.17, 15) is 0 Å². The van der Waals surface area contributed by atoms with E-state index in [1.54, 1.807) is 0 Å². The summed E-state index contributed by atoms with van der Waals surface area (Å²) in [6, 6.07) is 7.93. The number of hydrogen-bond donors (Lipinski definition) is 1. The molecule has 2 nitrogen and oxygen atoms in total. The zero-order chi connectivity index (χ0) is 12.7. The normalized spacial score (nSPS) is 12.2. The Balaban J connectivity index is 2.78. The fourth-order valence-electron chi connectivity index (χ4n) is 1.60.